The number of methoxy groups -OCH3 is 1. The summed E-state index contributed by atoms with van der Waals surface area (Å²) in [7, 11) is 1.31. The Morgan fingerprint density at radius 1 is 1.67 bits per heavy atom. The highest BCUT2D eigenvalue weighted by atomic mass is 16.7. The zero-order valence-corrected chi connectivity index (χ0v) is 6.73. The Morgan fingerprint density at radius 2 is 2.33 bits per heavy atom. The van der Waals surface area contributed by atoms with Crippen LogP contribution in [0.5, 0.6) is 0 Å². The third-order valence-electron chi connectivity index (χ3n) is 1.82. The average Bonchev–Trinajstić information content (AvgIpc) is 2.43. The summed E-state index contributed by atoms with van der Waals surface area (Å²) in [6.07, 6.45) is 0.259. The third kappa shape index (κ3) is 1.32. The second kappa shape index (κ2) is 3.40. The minimum atomic E-state index is -1.43. The number of ether oxygens (including phenoxy) is 2. The fourth-order valence-corrected chi connectivity index (χ4v) is 1.06. The van der Waals surface area contributed by atoms with E-state index >= 15 is 0 Å². The first kappa shape index (κ1) is 9.47. The molecule has 1 aliphatic heterocycles. The van der Waals surface area contributed by atoms with Crippen molar-refractivity contribution in [1.29, 1.82) is 0 Å². The third-order valence-corrected chi connectivity index (χ3v) is 1.82. The average molecular weight is 176 g/mol. The maximum atomic E-state index is 9.34. The maximum absolute atomic E-state index is 9.34. The molecule has 1 aliphatic rings. The van der Waals surface area contributed by atoms with Gasteiger partial charge in [0.1, 0.15) is 25.1 Å². The van der Waals surface area contributed by atoms with Crippen molar-refractivity contribution in [3.05, 3.63) is 11.8 Å². The number of aliphatic hydroxyl groups excluding tert-OH is 3. The van der Waals surface area contributed by atoms with Crippen LogP contribution in [0.2, 0.25) is 0 Å². The van der Waals surface area contributed by atoms with Crippen LogP contribution in [-0.4, -0.2) is 47.5 Å². The normalized spacial score (nSPS) is 34.7. The summed E-state index contributed by atoms with van der Waals surface area (Å²) >= 11 is 0. The van der Waals surface area contributed by atoms with Crippen LogP contribution >= 0.6 is 0 Å². The molecule has 12 heavy (non-hydrogen) atoms. The van der Waals surface area contributed by atoms with E-state index in [-0.39, 0.29) is 12.4 Å². The minimum absolute atomic E-state index is 0.207. The number of hydrogen-bond acceptors (Lipinski definition) is 5. The fourth-order valence-electron chi connectivity index (χ4n) is 1.06. The molecule has 1 heterocycles. The van der Waals surface area contributed by atoms with Gasteiger partial charge in [0.25, 0.3) is 5.79 Å². The lowest BCUT2D eigenvalue weighted by Crippen LogP contribution is -2.45. The predicted molar refractivity (Wildman–Crippen MR) is 39.1 cm³/mol. The lowest BCUT2D eigenvalue weighted by atomic mass is 10.2. The van der Waals surface area contributed by atoms with Crippen molar-refractivity contribution < 1.29 is 24.8 Å². The molecule has 0 bridgehead atoms. The van der Waals surface area contributed by atoms with Gasteiger partial charge in [0, 0.05) is 7.11 Å². The Labute approximate surface area is 69.8 Å². The van der Waals surface area contributed by atoms with Gasteiger partial charge in [-0.2, -0.15) is 0 Å². The molecular formula is C7H12O5. The van der Waals surface area contributed by atoms with Gasteiger partial charge in [0.05, 0.1) is 0 Å². The molecule has 0 spiro atoms. The quantitative estimate of drug-likeness (QED) is 0.492. The van der Waals surface area contributed by atoms with Crippen LogP contribution < -0.4 is 0 Å². The van der Waals surface area contributed by atoms with Gasteiger partial charge in [0.2, 0.25) is 0 Å². The van der Waals surface area contributed by atoms with Gasteiger partial charge in [-0.05, 0) is 6.08 Å². The van der Waals surface area contributed by atoms with E-state index in [1.807, 2.05) is 0 Å². The fraction of sp³-hybridized carbons (Fsp3) is 0.714. The van der Waals surface area contributed by atoms with Crippen LogP contribution in [0.15, 0.2) is 11.8 Å². The largest absolute Gasteiger partial charge is 0.459 e. The summed E-state index contributed by atoms with van der Waals surface area (Å²) in [6.45, 7) is -0.785. The molecule has 2 atom stereocenters. The molecule has 3 N–H and O–H groups in total. The van der Waals surface area contributed by atoms with Gasteiger partial charge in [-0.25, -0.2) is 0 Å². The Morgan fingerprint density at radius 3 is 2.58 bits per heavy atom. The van der Waals surface area contributed by atoms with Crippen molar-refractivity contribution in [2.75, 3.05) is 20.3 Å². The van der Waals surface area contributed by atoms with Gasteiger partial charge in [0.15, 0.2) is 0 Å². The highest BCUT2D eigenvalue weighted by Crippen LogP contribution is 2.28. The van der Waals surface area contributed by atoms with Crippen molar-refractivity contribution >= 4 is 0 Å². The van der Waals surface area contributed by atoms with Crippen molar-refractivity contribution in [3.8, 4) is 0 Å². The number of rotatable bonds is 3. The molecule has 0 radical (unpaired) electrons. The molecule has 0 saturated carbocycles. The first-order valence-electron chi connectivity index (χ1n) is 3.53. The monoisotopic (exact) mass is 176 g/mol. The maximum Gasteiger partial charge on any atom is 0.263 e. The molecular weight excluding hydrogens is 164 g/mol. The van der Waals surface area contributed by atoms with Gasteiger partial charge in [-0.1, -0.05) is 0 Å². The van der Waals surface area contributed by atoms with Crippen LogP contribution in [0.3, 0.4) is 0 Å². The van der Waals surface area contributed by atoms with Crippen LogP contribution in [0.4, 0.5) is 0 Å². The summed E-state index contributed by atoms with van der Waals surface area (Å²) in [5, 5.41) is 26.9. The van der Waals surface area contributed by atoms with Gasteiger partial charge in [-0.3, -0.25) is 0 Å². The summed E-state index contributed by atoms with van der Waals surface area (Å²) in [5.41, 5.74) is 0. The lowest BCUT2D eigenvalue weighted by molar-refractivity contribution is -0.245. The van der Waals surface area contributed by atoms with E-state index in [9.17, 15) is 5.11 Å². The molecule has 0 saturated heterocycles. The Kier molecular flexibility index (Phi) is 2.69. The van der Waals surface area contributed by atoms with Gasteiger partial charge in [-0.15, -0.1) is 0 Å². The second-order valence-corrected chi connectivity index (χ2v) is 2.51. The molecule has 5 nitrogen and oxygen atoms in total. The topological polar surface area (TPSA) is 79.2 Å². The zero-order valence-electron chi connectivity index (χ0n) is 6.73. The highest BCUT2D eigenvalue weighted by Gasteiger charge is 2.44. The lowest BCUT2D eigenvalue weighted by Gasteiger charge is -2.28. The molecule has 0 fully saturated rings. The van der Waals surface area contributed by atoms with E-state index in [0.29, 0.717) is 0 Å². The summed E-state index contributed by atoms with van der Waals surface area (Å²) in [4.78, 5) is 0. The first-order valence-corrected chi connectivity index (χ1v) is 3.53. The second-order valence-electron chi connectivity index (χ2n) is 2.51. The van der Waals surface area contributed by atoms with Gasteiger partial charge >= 0.3 is 0 Å². The number of hydrogen-bond donors (Lipinski definition) is 3. The zero-order chi connectivity index (χ0) is 9.19. The molecule has 0 aromatic rings. The smallest absolute Gasteiger partial charge is 0.263 e. The highest BCUT2D eigenvalue weighted by molar-refractivity contribution is 5.11. The minimum Gasteiger partial charge on any atom is -0.459 e. The SMILES string of the molecule is CO[C@@]1(CO)OC(CO)=CC1O. The number of aliphatic hydroxyl groups is 3. The van der Waals surface area contributed by atoms with Crippen LogP contribution in [0, 0.1) is 0 Å². The molecule has 1 unspecified atom stereocenters. The summed E-state index contributed by atoms with van der Waals surface area (Å²) < 4.78 is 9.80. The van der Waals surface area contributed by atoms with Gasteiger partial charge < -0.3 is 24.8 Å². The van der Waals surface area contributed by atoms with E-state index in [4.69, 9.17) is 19.7 Å². The first-order chi connectivity index (χ1) is 5.68. The van der Waals surface area contributed by atoms with Crippen molar-refractivity contribution in [2.24, 2.45) is 0 Å². The van der Waals surface area contributed by atoms with E-state index in [1.54, 1.807) is 0 Å². The molecule has 0 aromatic carbocycles. The van der Waals surface area contributed by atoms with Crippen molar-refractivity contribution in [1.82, 2.24) is 0 Å². The molecule has 70 valence electrons. The predicted octanol–water partition coefficient (Wildman–Crippen LogP) is -1.41. The molecule has 5 heteroatoms. The van der Waals surface area contributed by atoms with Crippen molar-refractivity contribution in [3.63, 3.8) is 0 Å². The molecule has 0 aromatic heterocycles. The van der Waals surface area contributed by atoms with E-state index in [1.165, 1.54) is 13.2 Å². The molecule has 0 aliphatic carbocycles. The van der Waals surface area contributed by atoms with Crippen LogP contribution in [0.25, 0.3) is 0 Å². The Balaban J connectivity index is 2.73. The van der Waals surface area contributed by atoms with Crippen LogP contribution in [-0.2, 0) is 9.47 Å². The molecule has 0 amide bonds. The Hall–Kier alpha value is -0.620. The van der Waals surface area contributed by atoms with E-state index < -0.39 is 18.5 Å². The summed E-state index contributed by atoms with van der Waals surface area (Å²) in [6, 6.07) is 0. The Bertz CT molecular complexity index is 184. The van der Waals surface area contributed by atoms with E-state index in [0.717, 1.165) is 0 Å². The van der Waals surface area contributed by atoms with Crippen LogP contribution in [0.1, 0.15) is 0 Å². The van der Waals surface area contributed by atoms with Crippen molar-refractivity contribution in [2.45, 2.75) is 11.9 Å². The molecule has 1 rings (SSSR count). The van der Waals surface area contributed by atoms with E-state index in [2.05, 4.69) is 0 Å². The summed E-state index contributed by atoms with van der Waals surface area (Å²) in [5.74, 6) is -1.23. The standard InChI is InChI=1S/C7H12O5/c1-11-7(4-9)6(10)2-5(3-8)12-7/h2,6,8-10H,3-4H2,1H3/t6?,7-/m0/s1.